The Kier molecular flexibility index (Phi) is 3.51. The molecule has 0 amide bonds. The van der Waals surface area contributed by atoms with Crippen LogP contribution in [0, 0.1) is 0 Å². The van der Waals surface area contributed by atoms with Gasteiger partial charge >= 0.3 is 0 Å². The van der Waals surface area contributed by atoms with E-state index in [2.05, 4.69) is 10.1 Å². The molecule has 0 saturated carbocycles. The molecule has 0 bridgehead atoms. The lowest BCUT2D eigenvalue weighted by Crippen LogP contribution is -2.12. The predicted octanol–water partition coefficient (Wildman–Crippen LogP) is 3.54. The van der Waals surface area contributed by atoms with Gasteiger partial charge in [0.2, 0.25) is 11.7 Å². The standard InChI is InChI=1S/C18H15N3O3/c1-22-12-6-4-5-11(9-12)16(19)18-20-17(21-24-18)14-10-23-15-8-3-2-7-13(14)15/h2-10,16H,19H2,1H3. The van der Waals surface area contributed by atoms with Gasteiger partial charge in [-0.3, -0.25) is 0 Å². The van der Waals surface area contributed by atoms with Crippen LogP contribution in [0.5, 0.6) is 5.75 Å². The van der Waals surface area contributed by atoms with Gasteiger partial charge in [0.25, 0.3) is 0 Å². The number of methoxy groups -OCH3 is 1. The molecule has 2 N–H and O–H groups in total. The second-order valence-corrected chi connectivity index (χ2v) is 5.36. The van der Waals surface area contributed by atoms with E-state index >= 15 is 0 Å². The number of fused-ring (bicyclic) bond motifs is 1. The van der Waals surface area contributed by atoms with E-state index in [0.717, 1.165) is 27.8 Å². The first-order valence-corrected chi connectivity index (χ1v) is 7.46. The summed E-state index contributed by atoms with van der Waals surface area (Å²) in [5.74, 6) is 1.51. The van der Waals surface area contributed by atoms with Crippen LogP contribution in [0.3, 0.4) is 0 Å². The van der Waals surface area contributed by atoms with Gasteiger partial charge in [0.15, 0.2) is 0 Å². The van der Waals surface area contributed by atoms with Crippen molar-refractivity contribution in [1.82, 2.24) is 10.1 Å². The average molecular weight is 321 g/mol. The van der Waals surface area contributed by atoms with Crippen LogP contribution in [0.15, 0.2) is 63.7 Å². The third kappa shape index (κ3) is 2.43. The lowest BCUT2D eigenvalue weighted by atomic mass is 10.1. The largest absolute Gasteiger partial charge is 0.497 e. The van der Waals surface area contributed by atoms with Crippen LogP contribution in [-0.4, -0.2) is 17.3 Å². The van der Waals surface area contributed by atoms with Gasteiger partial charge in [-0.2, -0.15) is 4.98 Å². The van der Waals surface area contributed by atoms with Crippen LogP contribution < -0.4 is 10.5 Å². The van der Waals surface area contributed by atoms with Crippen molar-refractivity contribution in [1.29, 1.82) is 0 Å². The summed E-state index contributed by atoms with van der Waals surface area (Å²) < 4.78 is 16.1. The van der Waals surface area contributed by atoms with Crippen molar-refractivity contribution in [3.63, 3.8) is 0 Å². The van der Waals surface area contributed by atoms with Crippen molar-refractivity contribution in [2.24, 2.45) is 5.73 Å². The Hall–Kier alpha value is -3.12. The summed E-state index contributed by atoms with van der Waals surface area (Å²) in [5.41, 5.74) is 8.63. The Balaban J connectivity index is 1.69. The fraction of sp³-hybridized carbons (Fsp3) is 0.111. The van der Waals surface area contributed by atoms with E-state index in [9.17, 15) is 0 Å². The Morgan fingerprint density at radius 1 is 1.12 bits per heavy atom. The molecule has 1 unspecified atom stereocenters. The molecule has 0 aliphatic carbocycles. The van der Waals surface area contributed by atoms with Gasteiger partial charge in [-0.1, -0.05) is 35.5 Å². The molecule has 4 rings (SSSR count). The van der Waals surface area contributed by atoms with Crippen molar-refractivity contribution >= 4 is 11.0 Å². The third-order valence-corrected chi connectivity index (χ3v) is 3.88. The van der Waals surface area contributed by atoms with Gasteiger partial charge < -0.3 is 19.4 Å². The van der Waals surface area contributed by atoms with E-state index < -0.39 is 6.04 Å². The van der Waals surface area contributed by atoms with Gasteiger partial charge in [0.05, 0.1) is 12.7 Å². The SMILES string of the molecule is COc1cccc(C(N)c2nc(-c3coc4ccccc34)no2)c1. The summed E-state index contributed by atoms with van der Waals surface area (Å²) in [6, 6.07) is 14.6. The number of benzene rings is 2. The van der Waals surface area contributed by atoms with Crippen LogP contribution in [-0.2, 0) is 0 Å². The smallest absolute Gasteiger partial charge is 0.248 e. The minimum Gasteiger partial charge on any atom is -0.497 e. The van der Waals surface area contributed by atoms with Crippen molar-refractivity contribution in [2.45, 2.75) is 6.04 Å². The molecule has 4 aromatic rings. The number of ether oxygens (including phenoxy) is 1. The third-order valence-electron chi connectivity index (χ3n) is 3.88. The van der Waals surface area contributed by atoms with Crippen LogP contribution in [0.4, 0.5) is 0 Å². The molecule has 2 aromatic carbocycles. The molecule has 0 aliphatic heterocycles. The number of nitrogens with two attached hydrogens (primary N) is 1. The molecule has 1 atom stereocenters. The first-order chi connectivity index (χ1) is 11.8. The minimum absolute atomic E-state index is 0.337. The van der Waals surface area contributed by atoms with Crippen LogP contribution in [0.1, 0.15) is 17.5 Å². The van der Waals surface area contributed by atoms with Crippen LogP contribution >= 0.6 is 0 Å². The zero-order valence-corrected chi connectivity index (χ0v) is 13.0. The molecule has 0 fully saturated rings. The number of para-hydroxylation sites is 1. The molecule has 120 valence electrons. The lowest BCUT2D eigenvalue weighted by Gasteiger charge is -2.08. The number of nitrogens with zero attached hydrogens (tertiary/aromatic N) is 2. The molecule has 6 heteroatoms. The van der Waals surface area contributed by atoms with E-state index in [-0.39, 0.29) is 0 Å². The Bertz CT molecular complexity index is 990. The Morgan fingerprint density at radius 3 is 2.88 bits per heavy atom. The highest BCUT2D eigenvalue weighted by Gasteiger charge is 2.20. The molecule has 2 aromatic heterocycles. The Morgan fingerprint density at radius 2 is 2.00 bits per heavy atom. The van der Waals surface area contributed by atoms with Gasteiger partial charge in [-0.25, -0.2) is 0 Å². The predicted molar refractivity (Wildman–Crippen MR) is 88.5 cm³/mol. The summed E-state index contributed by atoms with van der Waals surface area (Å²) in [6.45, 7) is 0. The van der Waals surface area contributed by atoms with E-state index in [1.54, 1.807) is 13.4 Å². The maximum Gasteiger partial charge on any atom is 0.248 e. The number of aromatic nitrogens is 2. The zero-order valence-electron chi connectivity index (χ0n) is 13.0. The molecular formula is C18H15N3O3. The van der Waals surface area contributed by atoms with E-state index in [0.29, 0.717) is 11.7 Å². The fourth-order valence-electron chi connectivity index (χ4n) is 2.60. The van der Waals surface area contributed by atoms with Gasteiger partial charge in [-0.05, 0) is 23.8 Å². The second kappa shape index (κ2) is 5.82. The monoisotopic (exact) mass is 321 g/mol. The van der Waals surface area contributed by atoms with Crippen LogP contribution in [0.2, 0.25) is 0 Å². The molecule has 0 spiro atoms. The van der Waals surface area contributed by atoms with E-state index in [1.165, 1.54) is 0 Å². The van der Waals surface area contributed by atoms with Gasteiger partial charge in [-0.15, -0.1) is 0 Å². The lowest BCUT2D eigenvalue weighted by molar-refractivity contribution is 0.367. The summed E-state index contributed by atoms with van der Waals surface area (Å²) in [6.07, 6.45) is 1.62. The quantitative estimate of drug-likeness (QED) is 0.618. The molecule has 24 heavy (non-hydrogen) atoms. The normalized spacial score (nSPS) is 12.4. The van der Waals surface area contributed by atoms with Crippen molar-refractivity contribution < 1.29 is 13.7 Å². The number of furan rings is 1. The first kappa shape index (κ1) is 14.5. The Labute approximate surface area is 137 Å². The summed E-state index contributed by atoms with van der Waals surface area (Å²) in [7, 11) is 1.61. The van der Waals surface area contributed by atoms with Crippen molar-refractivity contribution in [3.05, 3.63) is 66.2 Å². The van der Waals surface area contributed by atoms with Crippen molar-refractivity contribution in [3.8, 4) is 17.1 Å². The second-order valence-electron chi connectivity index (χ2n) is 5.36. The molecule has 2 heterocycles. The number of hydrogen-bond donors (Lipinski definition) is 1. The summed E-state index contributed by atoms with van der Waals surface area (Å²) in [5, 5.41) is 4.97. The van der Waals surface area contributed by atoms with Gasteiger partial charge in [0.1, 0.15) is 23.6 Å². The number of rotatable bonds is 4. The summed E-state index contributed by atoms with van der Waals surface area (Å²) >= 11 is 0. The van der Waals surface area contributed by atoms with E-state index in [1.807, 2.05) is 48.5 Å². The van der Waals surface area contributed by atoms with Crippen LogP contribution in [0.25, 0.3) is 22.4 Å². The van der Waals surface area contributed by atoms with Crippen molar-refractivity contribution in [2.75, 3.05) is 7.11 Å². The maximum absolute atomic E-state index is 6.24. The zero-order chi connectivity index (χ0) is 16.5. The topological polar surface area (TPSA) is 87.3 Å². The molecule has 0 saturated heterocycles. The highest BCUT2D eigenvalue weighted by atomic mass is 16.5. The highest BCUT2D eigenvalue weighted by molar-refractivity contribution is 5.91. The molecule has 6 nitrogen and oxygen atoms in total. The minimum atomic E-state index is -0.528. The molecular weight excluding hydrogens is 306 g/mol. The maximum atomic E-state index is 6.24. The highest BCUT2D eigenvalue weighted by Crippen LogP contribution is 2.30. The molecule has 0 radical (unpaired) electrons. The average Bonchev–Trinajstić information content (AvgIpc) is 3.27. The number of hydrogen-bond acceptors (Lipinski definition) is 6. The van der Waals surface area contributed by atoms with E-state index in [4.69, 9.17) is 19.4 Å². The van der Waals surface area contributed by atoms with Gasteiger partial charge in [0, 0.05) is 5.39 Å². The first-order valence-electron chi connectivity index (χ1n) is 7.46. The fourth-order valence-corrected chi connectivity index (χ4v) is 2.60. The molecule has 0 aliphatic rings. The summed E-state index contributed by atoms with van der Waals surface area (Å²) in [4.78, 5) is 4.43.